The van der Waals surface area contributed by atoms with Crippen molar-refractivity contribution in [1.82, 2.24) is 0 Å². The fourth-order valence-corrected chi connectivity index (χ4v) is 8.97. The molecule has 0 radical (unpaired) electrons. The lowest BCUT2D eigenvalue weighted by Gasteiger charge is -2.25. The Morgan fingerprint density at radius 1 is 0.829 bits per heavy atom. The summed E-state index contributed by atoms with van der Waals surface area (Å²) in [5, 5.41) is 1.97. The lowest BCUT2D eigenvalue weighted by molar-refractivity contribution is 0.169. The monoisotopic (exact) mass is 560 g/mol. The molecule has 35 heavy (non-hydrogen) atoms. The first-order chi connectivity index (χ1) is 16.7. The fraction of sp³-hybridized carbons (Fsp3) is 0.333. The summed E-state index contributed by atoms with van der Waals surface area (Å²) in [6, 6.07) is 9.58. The number of rotatable bonds is 7. The molecule has 0 atom stereocenters. The van der Waals surface area contributed by atoms with E-state index in [1.807, 2.05) is 65.0 Å². The molecule has 3 aromatic carbocycles. The molecule has 0 saturated heterocycles. The van der Waals surface area contributed by atoms with Gasteiger partial charge in [0.15, 0.2) is 18.6 Å². The Hall–Kier alpha value is -2.63. The van der Waals surface area contributed by atoms with Crippen LogP contribution in [0.5, 0.6) is 28.7 Å². The van der Waals surface area contributed by atoms with Crippen LogP contribution < -0.4 is 39.6 Å². The molecule has 1 aliphatic heterocycles. The van der Waals surface area contributed by atoms with Crippen LogP contribution in [0.2, 0.25) is 0 Å². The van der Waals surface area contributed by atoms with E-state index in [1.165, 1.54) is 0 Å². The summed E-state index contributed by atoms with van der Waals surface area (Å²) in [4.78, 5) is 0. The number of benzene rings is 3. The Labute approximate surface area is 215 Å². The van der Waals surface area contributed by atoms with Crippen LogP contribution in [-0.2, 0) is 4.57 Å². The second-order valence-electron chi connectivity index (χ2n) is 8.54. The summed E-state index contributed by atoms with van der Waals surface area (Å²) in [5.74, 6) is 3.07. The van der Waals surface area contributed by atoms with E-state index in [9.17, 15) is 0 Å². The van der Waals surface area contributed by atoms with Gasteiger partial charge in [0.05, 0.1) is 25.3 Å². The molecule has 6 nitrogen and oxygen atoms in total. The number of ether oxygens (including phenoxy) is 5. The molecule has 4 rings (SSSR count). The number of hydrogen-bond acceptors (Lipinski definition) is 6. The number of hydrogen-bond donors (Lipinski definition) is 0. The van der Waals surface area contributed by atoms with Crippen molar-refractivity contribution in [3.8, 4) is 28.7 Å². The van der Waals surface area contributed by atoms with E-state index >= 15 is 4.57 Å². The zero-order chi connectivity index (χ0) is 25.5. The quantitative estimate of drug-likeness (QED) is 0.357. The van der Waals surface area contributed by atoms with Crippen LogP contribution in [0.15, 0.2) is 34.8 Å². The largest absolute Gasteiger partial charge is 0.496 e. The Kier molecular flexibility index (Phi) is 7.12. The third-order valence-electron chi connectivity index (χ3n) is 6.19. The molecule has 0 unspecified atom stereocenters. The molecule has 8 heteroatoms. The Morgan fingerprint density at radius 2 is 1.29 bits per heavy atom. The minimum Gasteiger partial charge on any atom is -0.496 e. The van der Waals surface area contributed by atoms with Gasteiger partial charge in [0.2, 0.25) is 12.5 Å². The normalized spacial score (nSPS) is 12.6. The maximum absolute atomic E-state index is 15.5. The van der Waals surface area contributed by atoms with Gasteiger partial charge in [0, 0.05) is 15.9 Å². The number of halogens is 1. The molecule has 0 bridgehead atoms. The Balaban J connectivity index is 2.11. The maximum Gasteiger partial charge on any atom is 0.231 e. The molecule has 3 aromatic rings. The molecule has 0 saturated carbocycles. The standard InChI is InChI=1S/C27H30BrO6P/c1-8-32-21-13-22(23(28)27-26(21)33-14-34-27)35(29,19-9-15(2)24(30-6)16(3)10-19)20-11-17(4)25(31-7)18(5)12-20/h9-13H,8,14H2,1-7H3. The van der Waals surface area contributed by atoms with Crippen molar-refractivity contribution in [2.75, 3.05) is 27.6 Å². The topological polar surface area (TPSA) is 63.2 Å². The van der Waals surface area contributed by atoms with Crippen molar-refractivity contribution in [2.45, 2.75) is 34.6 Å². The molecule has 1 heterocycles. The summed E-state index contributed by atoms with van der Waals surface area (Å²) >= 11 is 3.70. The van der Waals surface area contributed by atoms with Gasteiger partial charge in [-0.3, -0.25) is 0 Å². The predicted molar refractivity (Wildman–Crippen MR) is 143 cm³/mol. The van der Waals surface area contributed by atoms with Crippen molar-refractivity contribution in [2.24, 2.45) is 0 Å². The number of aryl methyl sites for hydroxylation is 4. The van der Waals surface area contributed by atoms with Crippen molar-refractivity contribution in [3.05, 3.63) is 57.1 Å². The highest BCUT2D eigenvalue weighted by Gasteiger charge is 2.38. The zero-order valence-corrected chi connectivity index (χ0v) is 23.6. The molecule has 0 fully saturated rings. The highest BCUT2D eigenvalue weighted by molar-refractivity contribution is 9.10. The second kappa shape index (κ2) is 9.79. The molecule has 0 aromatic heterocycles. The van der Waals surface area contributed by atoms with Gasteiger partial charge < -0.3 is 28.2 Å². The first-order valence-corrected chi connectivity index (χ1v) is 13.8. The second-order valence-corrected chi connectivity index (χ2v) is 12.1. The molecule has 0 spiro atoms. The minimum atomic E-state index is -3.44. The van der Waals surface area contributed by atoms with Gasteiger partial charge in [-0.05, 0) is 103 Å². The van der Waals surface area contributed by atoms with Crippen LogP contribution >= 0.6 is 23.1 Å². The van der Waals surface area contributed by atoms with E-state index in [4.69, 9.17) is 23.7 Å². The lowest BCUT2D eigenvalue weighted by atomic mass is 10.1. The zero-order valence-electron chi connectivity index (χ0n) is 21.1. The average Bonchev–Trinajstić information content (AvgIpc) is 3.31. The molecular weight excluding hydrogens is 531 g/mol. The highest BCUT2D eigenvalue weighted by atomic mass is 79.9. The van der Waals surface area contributed by atoms with Crippen molar-refractivity contribution in [3.63, 3.8) is 0 Å². The summed E-state index contributed by atoms with van der Waals surface area (Å²) in [6.07, 6.45) is 0. The molecular formula is C27H30BrO6P. The molecule has 186 valence electrons. The average molecular weight is 561 g/mol. The molecule has 1 aliphatic rings. The van der Waals surface area contributed by atoms with E-state index in [1.54, 1.807) is 14.2 Å². The van der Waals surface area contributed by atoms with Crippen LogP contribution in [-0.4, -0.2) is 27.6 Å². The molecule has 0 N–H and O–H groups in total. The van der Waals surface area contributed by atoms with Gasteiger partial charge in [0.25, 0.3) is 0 Å². The summed E-state index contributed by atoms with van der Waals surface area (Å²) in [7, 11) is -0.146. The van der Waals surface area contributed by atoms with E-state index < -0.39 is 7.14 Å². The van der Waals surface area contributed by atoms with Gasteiger partial charge in [0.1, 0.15) is 11.5 Å². The van der Waals surface area contributed by atoms with Gasteiger partial charge in [-0.25, -0.2) is 0 Å². The van der Waals surface area contributed by atoms with E-state index in [0.717, 1.165) is 33.8 Å². The lowest BCUT2D eigenvalue weighted by Crippen LogP contribution is -2.27. The summed E-state index contributed by atoms with van der Waals surface area (Å²) < 4.78 is 44.7. The fourth-order valence-electron chi connectivity index (χ4n) is 4.78. The van der Waals surface area contributed by atoms with Gasteiger partial charge in [-0.15, -0.1) is 0 Å². The van der Waals surface area contributed by atoms with Crippen LogP contribution in [0.1, 0.15) is 29.2 Å². The van der Waals surface area contributed by atoms with Crippen molar-refractivity contribution in [1.29, 1.82) is 0 Å². The first-order valence-electron chi connectivity index (χ1n) is 11.3. The minimum absolute atomic E-state index is 0.0727. The van der Waals surface area contributed by atoms with E-state index in [2.05, 4.69) is 15.9 Å². The Bertz CT molecular complexity index is 1240. The van der Waals surface area contributed by atoms with E-state index in [-0.39, 0.29) is 6.79 Å². The van der Waals surface area contributed by atoms with Crippen molar-refractivity contribution < 1.29 is 28.2 Å². The summed E-state index contributed by atoms with van der Waals surface area (Å²) in [5.41, 5.74) is 3.64. The van der Waals surface area contributed by atoms with Crippen LogP contribution in [0.3, 0.4) is 0 Å². The Morgan fingerprint density at radius 3 is 1.71 bits per heavy atom. The molecule has 0 aliphatic carbocycles. The SMILES string of the molecule is CCOc1cc(P(=O)(c2cc(C)c(OC)c(C)c2)c2cc(C)c(OC)c(C)c2)c(Br)c2c1OCO2. The predicted octanol–water partition coefficient (Wildman–Crippen LogP) is 5.47. The van der Waals surface area contributed by atoms with Gasteiger partial charge in [-0.2, -0.15) is 0 Å². The van der Waals surface area contributed by atoms with Crippen molar-refractivity contribution >= 4 is 39.0 Å². The van der Waals surface area contributed by atoms with Crippen LogP contribution in [0.25, 0.3) is 0 Å². The smallest absolute Gasteiger partial charge is 0.231 e. The molecule has 0 amide bonds. The van der Waals surface area contributed by atoms with Gasteiger partial charge >= 0.3 is 0 Å². The third-order valence-corrected chi connectivity index (χ3v) is 10.3. The van der Waals surface area contributed by atoms with E-state index in [0.29, 0.717) is 44.2 Å². The highest BCUT2D eigenvalue weighted by Crippen LogP contribution is 2.53. The first kappa shape index (κ1) is 25.5. The maximum atomic E-state index is 15.5. The van der Waals surface area contributed by atoms with Crippen LogP contribution in [0.4, 0.5) is 0 Å². The van der Waals surface area contributed by atoms with Gasteiger partial charge in [-0.1, -0.05) is 0 Å². The summed E-state index contributed by atoms with van der Waals surface area (Å²) in [6.45, 7) is 10.3. The number of fused-ring (bicyclic) bond motifs is 1. The van der Waals surface area contributed by atoms with Crippen LogP contribution in [0, 0.1) is 27.7 Å². The number of methoxy groups -OCH3 is 2. The third kappa shape index (κ3) is 4.19.